The fraction of sp³-hybridized carbons (Fsp3) is 0.600. The molecule has 1 aliphatic carbocycles. The highest BCUT2D eigenvalue weighted by molar-refractivity contribution is 6.48. The Hall–Kier alpha value is -0.603. The number of hydrogen-bond donors (Lipinski definition) is 0. The minimum absolute atomic E-state index is 0.0716. The molecule has 1 nitrogen and oxygen atoms in total. The van der Waals surface area contributed by atoms with Gasteiger partial charge in [-0.25, -0.2) is 0 Å². The number of benzene rings is 1. The van der Waals surface area contributed by atoms with Crippen molar-refractivity contribution in [1.82, 2.24) is 0 Å². The SMILES string of the molecule is C[SiH](C)OC1(C(C)(C)C)CCc2c[c]ccc21. The van der Waals surface area contributed by atoms with E-state index in [1.54, 1.807) is 0 Å². The normalized spacial score (nSPS) is 24.1. The molecule has 1 aromatic carbocycles. The molecule has 0 saturated heterocycles. The van der Waals surface area contributed by atoms with E-state index in [0.717, 1.165) is 12.8 Å². The molecule has 17 heavy (non-hydrogen) atoms. The van der Waals surface area contributed by atoms with E-state index in [0.29, 0.717) is 0 Å². The van der Waals surface area contributed by atoms with Crippen LogP contribution in [0.1, 0.15) is 38.3 Å². The summed E-state index contributed by atoms with van der Waals surface area (Å²) in [5, 5.41) is 0. The first kappa shape index (κ1) is 12.8. The average molecular weight is 247 g/mol. The highest BCUT2D eigenvalue weighted by Gasteiger charge is 2.48. The third kappa shape index (κ3) is 2.09. The van der Waals surface area contributed by atoms with Gasteiger partial charge in [0.05, 0.1) is 5.60 Å². The van der Waals surface area contributed by atoms with Gasteiger partial charge in [-0.3, -0.25) is 0 Å². The van der Waals surface area contributed by atoms with Crippen LogP contribution in [0.4, 0.5) is 0 Å². The Kier molecular flexibility index (Phi) is 3.21. The third-order valence-corrected chi connectivity index (χ3v) is 4.65. The van der Waals surface area contributed by atoms with Crippen molar-refractivity contribution < 1.29 is 4.43 Å². The van der Waals surface area contributed by atoms with Gasteiger partial charge in [-0.1, -0.05) is 39.0 Å². The molecule has 0 aliphatic heterocycles. The predicted octanol–water partition coefficient (Wildman–Crippen LogP) is 3.67. The van der Waals surface area contributed by atoms with Crippen LogP contribution in [-0.4, -0.2) is 9.04 Å². The zero-order valence-electron chi connectivity index (χ0n) is 11.6. The molecule has 1 atom stereocenters. The molecule has 1 aliphatic rings. The van der Waals surface area contributed by atoms with Crippen LogP contribution >= 0.6 is 0 Å². The highest BCUT2D eigenvalue weighted by atomic mass is 28.3. The average Bonchev–Trinajstić information content (AvgIpc) is 2.57. The molecule has 0 heterocycles. The van der Waals surface area contributed by atoms with Gasteiger partial charge in [-0.15, -0.1) is 0 Å². The quantitative estimate of drug-likeness (QED) is 0.725. The fourth-order valence-electron chi connectivity index (χ4n) is 2.99. The van der Waals surface area contributed by atoms with Gasteiger partial charge < -0.3 is 4.43 Å². The van der Waals surface area contributed by atoms with Crippen LogP contribution in [-0.2, 0) is 16.4 Å². The molecule has 0 bridgehead atoms. The molecule has 0 N–H and O–H groups in total. The van der Waals surface area contributed by atoms with Gasteiger partial charge in [-0.2, -0.15) is 0 Å². The molecule has 1 radical (unpaired) electrons. The number of hydrogen-bond acceptors (Lipinski definition) is 1. The van der Waals surface area contributed by atoms with E-state index >= 15 is 0 Å². The minimum atomic E-state index is -1.06. The Morgan fingerprint density at radius 1 is 1.35 bits per heavy atom. The van der Waals surface area contributed by atoms with Crippen LogP contribution in [0.15, 0.2) is 18.2 Å². The largest absolute Gasteiger partial charge is 0.411 e. The summed E-state index contributed by atoms with van der Waals surface area (Å²) < 4.78 is 6.51. The topological polar surface area (TPSA) is 9.23 Å². The van der Waals surface area contributed by atoms with Gasteiger partial charge in [0, 0.05) is 0 Å². The molecule has 0 amide bonds. The molecule has 1 aromatic rings. The van der Waals surface area contributed by atoms with Gasteiger partial charge in [0.1, 0.15) is 0 Å². The zero-order chi connectivity index (χ0) is 12.7. The van der Waals surface area contributed by atoms with Crippen molar-refractivity contribution in [2.24, 2.45) is 5.41 Å². The van der Waals surface area contributed by atoms with Crippen molar-refractivity contribution in [3.63, 3.8) is 0 Å². The van der Waals surface area contributed by atoms with Crippen molar-refractivity contribution in [1.29, 1.82) is 0 Å². The molecule has 2 rings (SSSR count). The van der Waals surface area contributed by atoms with Crippen LogP contribution in [0.3, 0.4) is 0 Å². The molecular weight excluding hydrogens is 224 g/mol. The van der Waals surface area contributed by atoms with Crippen LogP contribution in [0.5, 0.6) is 0 Å². The molecule has 0 aromatic heterocycles. The second-order valence-electron chi connectivity index (χ2n) is 6.33. The summed E-state index contributed by atoms with van der Waals surface area (Å²) >= 11 is 0. The Balaban J connectivity index is 2.51. The van der Waals surface area contributed by atoms with Crippen molar-refractivity contribution in [2.75, 3.05) is 0 Å². The van der Waals surface area contributed by atoms with Crippen molar-refractivity contribution >= 4 is 9.04 Å². The molecule has 0 fully saturated rings. The van der Waals surface area contributed by atoms with E-state index in [-0.39, 0.29) is 11.0 Å². The Bertz CT molecular complexity index is 406. The molecule has 93 valence electrons. The van der Waals surface area contributed by atoms with E-state index in [1.165, 1.54) is 11.1 Å². The zero-order valence-corrected chi connectivity index (χ0v) is 12.8. The maximum absolute atomic E-state index is 6.51. The Labute approximate surface area is 107 Å². The lowest BCUT2D eigenvalue weighted by atomic mass is 9.73. The summed E-state index contributed by atoms with van der Waals surface area (Å²) in [5.41, 5.74) is 2.91. The van der Waals surface area contributed by atoms with E-state index in [9.17, 15) is 0 Å². The summed E-state index contributed by atoms with van der Waals surface area (Å²) in [6, 6.07) is 9.56. The monoisotopic (exact) mass is 247 g/mol. The molecule has 2 heteroatoms. The summed E-state index contributed by atoms with van der Waals surface area (Å²) in [6.07, 6.45) is 2.25. The fourth-order valence-corrected chi connectivity index (χ4v) is 4.39. The van der Waals surface area contributed by atoms with Crippen LogP contribution in [0.2, 0.25) is 13.1 Å². The summed E-state index contributed by atoms with van der Waals surface area (Å²) in [5.74, 6) is 0. The number of fused-ring (bicyclic) bond motifs is 1. The summed E-state index contributed by atoms with van der Waals surface area (Å²) in [7, 11) is -1.06. The Morgan fingerprint density at radius 3 is 2.65 bits per heavy atom. The standard InChI is InChI=1S/C15H23OSi/c1-14(2,3)15(16-17(4)5)11-10-12-8-6-7-9-13(12)15/h7-9,17H,10-11H2,1-5H3. The van der Waals surface area contributed by atoms with Crippen LogP contribution < -0.4 is 0 Å². The van der Waals surface area contributed by atoms with Gasteiger partial charge in [0.2, 0.25) is 0 Å². The van der Waals surface area contributed by atoms with Crippen molar-refractivity contribution in [2.45, 2.75) is 52.3 Å². The van der Waals surface area contributed by atoms with Gasteiger partial charge in [-0.05, 0) is 48.5 Å². The van der Waals surface area contributed by atoms with Crippen molar-refractivity contribution in [3.05, 3.63) is 35.4 Å². The molecule has 0 saturated carbocycles. The maximum atomic E-state index is 6.51. The lowest BCUT2D eigenvalue weighted by Crippen LogP contribution is -2.43. The second-order valence-corrected chi connectivity index (χ2v) is 8.66. The maximum Gasteiger partial charge on any atom is 0.172 e. The predicted molar refractivity (Wildman–Crippen MR) is 74.7 cm³/mol. The highest BCUT2D eigenvalue weighted by Crippen LogP contribution is 2.51. The molecular formula is C15H23OSi. The van der Waals surface area contributed by atoms with E-state index in [1.807, 2.05) is 6.07 Å². The van der Waals surface area contributed by atoms with Gasteiger partial charge in [0.25, 0.3) is 0 Å². The first-order valence-corrected chi connectivity index (χ1v) is 9.32. The lowest BCUT2D eigenvalue weighted by Gasteiger charge is -2.44. The van der Waals surface area contributed by atoms with Gasteiger partial charge >= 0.3 is 0 Å². The van der Waals surface area contributed by atoms with Crippen LogP contribution in [0.25, 0.3) is 0 Å². The van der Waals surface area contributed by atoms with Gasteiger partial charge in [0.15, 0.2) is 9.04 Å². The minimum Gasteiger partial charge on any atom is -0.411 e. The first-order valence-electron chi connectivity index (χ1n) is 6.54. The van der Waals surface area contributed by atoms with E-state index < -0.39 is 9.04 Å². The number of aryl methyl sites for hydroxylation is 1. The molecule has 0 spiro atoms. The third-order valence-electron chi connectivity index (χ3n) is 3.78. The molecule has 1 unspecified atom stereocenters. The lowest BCUT2D eigenvalue weighted by molar-refractivity contribution is -0.0394. The smallest absolute Gasteiger partial charge is 0.172 e. The number of rotatable bonds is 2. The second kappa shape index (κ2) is 4.25. The van der Waals surface area contributed by atoms with Crippen LogP contribution in [0, 0.1) is 11.5 Å². The van der Waals surface area contributed by atoms with Crippen molar-refractivity contribution in [3.8, 4) is 0 Å². The Morgan fingerprint density at radius 2 is 2.06 bits per heavy atom. The first-order chi connectivity index (χ1) is 7.87. The van der Waals surface area contributed by atoms with E-state index in [4.69, 9.17) is 4.43 Å². The summed E-state index contributed by atoms with van der Waals surface area (Å²) in [6.45, 7) is 11.4. The summed E-state index contributed by atoms with van der Waals surface area (Å²) in [4.78, 5) is 0. The van der Waals surface area contributed by atoms with E-state index in [2.05, 4.69) is 52.1 Å².